The highest BCUT2D eigenvalue weighted by Crippen LogP contribution is 2.06. The molecule has 0 radical (unpaired) electrons. The van der Waals surface area contributed by atoms with Crippen LogP contribution in [0.4, 0.5) is 0 Å². The average molecular weight is 263 g/mol. The lowest BCUT2D eigenvalue weighted by atomic mass is 10.1. The van der Waals surface area contributed by atoms with E-state index >= 15 is 0 Å². The Hall–Kier alpha value is -1.84. The zero-order valence-corrected chi connectivity index (χ0v) is 11.8. The van der Waals surface area contributed by atoms with Gasteiger partial charge in [0, 0.05) is 12.6 Å². The van der Waals surface area contributed by atoms with Gasteiger partial charge in [-0.15, -0.1) is 0 Å². The molecule has 0 spiro atoms. The van der Waals surface area contributed by atoms with E-state index in [-0.39, 0.29) is 18.4 Å². The molecule has 0 aromatic heterocycles. The predicted octanol–water partition coefficient (Wildman–Crippen LogP) is 2.41. The Kier molecular flexibility index (Phi) is 6.06. The van der Waals surface area contributed by atoms with Gasteiger partial charge in [0.25, 0.3) is 5.91 Å². The van der Waals surface area contributed by atoms with Crippen LogP contribution in [0.2, 0.25) is 0 Å². The number of amides is 1. The number of carbonyl (C=O) groups is 2. The van der Waals surface area contributed by atoms with Gasteiger partial charge in [0.2, 0.25) is 0 Å². The highest BCUT2D eigenvalue weighted by Gasteiger charge is 2.15. The minimum atomic E-state index is -0.364. The van der Waals surface area contributed by atoms with Gasteiger partial charge in [-0.25, -0.2) is 0 Å². The normalized spacial score (nSPS) is 10.1. The van der Waals surface area contributed by atoms with Crippen LogP contribution in [0.5, 0.6) is 0 Å². The molecular formula is C15H21NO3. The maximum Gasteiger partial charge on any atom is 0.325 e. The Labute approximate surface area is 114 Å². The number of benzene rings is 1. The van der Waals surface area contributed by atoms with Crippen molar-refractivity contribution in [2.24, 2.45) is 0 Å². The van der Waals surface area contributed by atoms with E-state index < -0.39 is 0 Å². The molecule has 0 heterocycles. The van der Waals surface area contributed by atoms with E-state index in [1.165, 1.54) is 4.90 Å². The van der Waals surface area contributed by atoms with Crippen LogP contribution in [0.25, 0.3) is 0 Å². The molecule has 4 heteroatoms. The fourth-order valence-corrected chi connectivity index (χ4v) is 1.56. The summed E-state index contributed by atoms with van der Waals surface area (Å²) < 4.78 is 5.03. The molecule has 0 unspecified atom stereocenters. The smallest absolute Gasteiger partial charge is 0.325 e. The molecule has 1 amide bonds. The first-order chi connectivity index (χ1) is 9.04. The lowest BCUT2D eigenvalue weighted by molar-refractivity contribution is -0.144. The Bertz CT molecular complexity index is 426. The van der Waals surface area contributed by atoms with Gasteiger partial charge in [-0.3, -0.25) is 9.59 Å². The number of hydrogen-bond donors (Lipinski definition) is 0. The van der Waals surface area contributed by atoms with Crippen LogP contribution in [0, 0.1) is 6.92 Å². The van der Waals surface area contributed by atoms with Crippen molar-refractivity contribution in [1.82, 2.24) is 4.90 Å². The number of esters is 1. The third kappa shape index (κ3) is 5.12. The van der Waals surface area contributed by atoms with Gasteiger partial charge in [-0.2, -0.15) is 0 Å². The molecule has 4 nitrogen and oxygen atoms in total. The Morgan fingerprint density at radius 2 is 1.84 bits per heavy atom. The molecule has 1 rings (SSSR count). The number of nitrogens with zero attached hydrogens (tertiary/aromatic N) is 1. The van der Waals surface area contributed by atoms with Crippen LogP contribution in [-0.2, 0) is 9.53 Å². The second kappa shape index (κ2) is 7.56. The Morgan fingerprint density at radius 3 is 2.42 bits per heavy atom. The van der Waals surface area contributed by atoms with Crippen molar-refractivity contribution >= 4 is 11.9 Å². The monoisotopic (exact) mass is 263 g/mol. The highest BCUT2D eigenvalue weighted by molar-refractivity contribution is 5.95. The number of carbonyl (C=O) groups excluding carboxylic acids is 2. The molecule has 0 saturated heterocycles. The summed E-state index contributed by atoms with van der Waals surface area (Å²) in [6.07, 6.45) is 1.83. The fraction of sp³-hybridized carbons (Fsp3) is 0.467. The third-order valence-corrected chi connectivity index (χ3v) is 2.77. The van der Waals surface area contributed by atoms with Crippen molar-refractivity contribution in [3.05, 3.63) is 35.4 Å². The largest absolute Gasteiger partial charge is 0.464 e. The molecular weight excluding hydrogens is 242 g/mol. The summed E-state index contributed by atoms with van der Waals surface area (Å²) in [7, 11) is 1.60. The maximum atomic E-state index is 12.0. The van der Waals surface area contributed by atoms with Crippen molar-refractivity contribution in [1.29, 1.82) is 0 Å². The predicted molar refractivity (Wildman–Crippen MR) is 74.0 cm³/mol. The Morgan fingerprint density at radius 1 is 1.21 bits per heavy atom. The van der Waals surface area contributed by atoms with E-state index in [4.69, 9.17) is 4.74 Å². The van der Waals surface area contributed by atoms with Crippen LogP contribution in [0.15, 0.2) is 24.3 Å². The summed E-state index contributed by atoms with van der Waals surface area (Å²) >= 11 is 0. The lowest BCUT2D eigenvalue weighted by Crippen LogP contribution is -2.33. The highest BCUT2D eigenvalue weighted by atomic mass is 16.5. The molecule has 0 aliphatic heterocycles. The van der Waals surface area contributed by atoms with Crippen LogP contribution >= 0.6 is 0 Å². The molecule has 0 bridgehead atoms. The maximum absolute atomic E-state index is 12.0. The fourth-order valence-electron chi connectivity index (χ4n) is 1.56. The molecule has 0 saturated carbocycles. The van der Waals surface area contributed by atoms with Crippen molar-refractivity contribution in [2.45, 2.75) is 26.7 Å². The van der Waals surface area contributed by atoms with Gasteiger partial charge in [0.15, 0.2) is 0 Å². The first-order valence-corrected chi connectivity index (χ1v) is 6.52. The van der Waals surface area contributed by atoms with Gasteiger partial charge in [-0.1, -0.05) is 31.0 Å². The van der Waals surface area contributed by atoms with Crippen LogP contribution in [0.3, 0.4) is 0 Å². The zero-order chi connectivity index (χ0) is 14.3. The number of rotatable bonds is 6. The second-order valence-corrected chi connectivity index (χ2v) is 4.60. The van der Waals surface area contributed by atoms with Crippen LogP contribution in [0.1, 0.15) is 35.7 Å². The van der Waals surface area contributed by atoms with Crippen LogP contribution < -0.4 is 0 Å². The number of likely N-dealkylation sites (N-methyl/N-ethyl adjacent to an activating group) is 1. The molecule has 0 fully saturated rings. The summed E-state index contributed by atoms with van der Waals surface area (Å²) in [6.45, 7) is 4.39. The van der Waals surface area contributed by atoms with Gasteiger partial charge in [0.05, 0.1) is 6.61 Å². The SMILES string of the molecule is CCCCOC(=O)CN(C)C(=O)c1ccc(C)cc1. The number of hydrogen-bond acceptors (Lipinski definition) is 3. The van der Waals surface area contributed by atoms with E-state index in [0.717, 1.165) is 18.4 Å². The van der Waals surface area contributed by atoms with E-state index in [1.54, 1.807) is 19.2 Å². The average Bonchev–Trinajstić information content (AvgIpc) is 2.39. The minimum Gasteiger partial charge on any atom is -0.464 e. The molecule has 0 aliphatic rings. The quantitative estimate of drug-likeness (QED) is 0.585. The molecule has 19 heavy (non-hydrogen) atoms. The lowest BCUT2D eigenvalue weighted by Gasteiger charge is -2.16. The second-order valence-electron chi connectivity index (χ2n) is 4.60. The topological polar surface area (TPSA) is 46.6 Å². The number of unbranched alkanes of at least 4 members (excludes halogenated alkanes) is 1. The van der Waals surface area contributed by atoms with Gasteiger partial charge >= 0.3 is 5.97 Å². The van der Waals surface area contributed by atoms with E-state index in [0.29, 0.717) is 12.2 Å². The van der Waals surface area contributed by atoms with Crippen molar-refractivity contribution in [3.63, 3.8) is 0 Å². The molecule has 0 N–H and O–H groups in total. The molecule has 1 aromatic rings. The molecule has 1 aromatic carbocycles. The molecule has 104 valence electrons. The first-order valence-electron chi connectivity index (χ1n) is 6.52. The standard InChI is InChI=1S/C15H21NO3/c1-4-5-10-19-14(17)11-16(3)15(18)13-8-6-12(2)7-9-13/h6-9H,4-5,10-11H2,1-3H3. The Balaban J connectivity index is 2.48. The van der Waals surface area contributed by atoms with Crippen molar-refractivity contribution in [2.75, 3.05) is 20.2 Å². The van der Waals surface area contributed by atoms with Gasteiger partial charge < -0.3 is 9.64 Å². The summed E-state index contributed by atoms with van der Waals surface area (Å²) in [6, 6.07) is 7.27. The third-order valence-electron chi connectivity index (χ3n) is 2.77. The van der Waals surface area contributed by atoms with Gasteiger partial charge in [-0.05, 0) is 25.5 Å². The van der Waals surface area contributed by atoms with E-state index in [2.05, 4.69) is 0 Å². The van der Waals surface area contributed by atoms with Crippen molar-refractivity contribution in [3.8, 4) is 0 Å². The molecule has 0 atom stereocenters. The summed E-state index contributed by atoms with van der Waals surface area (Å²) in [5.74, 6) is -0.538. The zero-order valence-electron chi connectivity index (χ0n) is 11.8. The van der Waals surface area contributed by atoms with Crippen molar-refractivity contribution < 1.29 is 14.3 Å². The summed E-state index contributed by atoms with van der Waals surface area (Å²) in [5, 5.41) is 0. The first kappa shape index (κ1) is 15.2. The molecule has 0 aliphatic carbocycles. The minimum absolute atomic E-state index is 0.0174. The van der Waals surface area contributed by atoms with Crippen LogP contribution in [-0.4, -0.2) is 37.0 Å². The number of aryl methyl sites for hydroxylation is 1. The number of ether oxygens (including phenoxy) is 1. The van der Waals surface area contributed by atoms with E-state index in [1.807, 2.05) is 26.0 Å². The van der Waals surface area contributed by atoms with Gasteiger partial charge in [0.1, 0.15) is 6.54 Å². The summed E-state index contributed by atoms with van der Waals surface area (Å²) in [4.78, 5) is 24.9. The van der Waals surface area contributed by atoms with E-state index in [9.17, 15) is 9.59 Å². The summed E-state index contributed by atoms with van der Waals surface area (Å²) in [5.41, 5.74) is 1.67.